The van der Waals surface area contributed by atoms with E-state index in [-0.39, 0.29) is 0 Å². The lowest BCUT2D eigenvalue weighted by Gasteiger charge is -2.27. The zero-order valence-corrected chi connectivity index (χ0v) is 13.6. The summed E-state index contributed by atoms with van der Waals surface area (Å²) in [5.74, 6) is 2.52. The number of hydrogen-bond donors (Lipinski definition) is 1. The maximum Gasteiger partial charge on any atom is 0.124 e. The topological polar surface area (TPSA) is 30.5 Å². The van der Waals surface area contributed by atoms with Gasteiger partial charge in [0.1, 0.15) is 12.4 Å². The molecular weight excluding hydrogens is 262 g/mol. The van der Waals surface area contributed by atoms with Crippen molar-refractivity contribution >= 4 is 0 Å². The molecule has 0 heterocycles. The summed E-state index contributed by atoms with van der Waals surface area (Å²) in [6.45, 7) is 6.86. The Balaban J connectivity index is 2.13. The molecule has 0 saturated heterocycles. The van der Waals surface area contributed by atoms with Crippen molar-refractivity contribution in [2.75, 3.05) is 26.9 Å². The first kappa shape index (κ1) is 16.3. The van der Waals surface area contributed by atoms with Gasteiger partial charge in [-0.15, -0.1) is 0 Å². The molecule has 3 heteroatoms. The van der Waals surface area contributed by atoms with Crippen LogP contribution in [0.1, 0.15) is 44.7 Å². The molecule has 2 rings (SSSR count). The van der Waals surface area contributed by atoms with Gasteiger partial charge in [-0.2, -0.15) is 0 Å². The third-order valence-corrected chi connectivity index (χ3v) is 4.30. The molecule has 1 N–H and O–H groups in total. The molecule has 0 aliphatic heterocycles. The van der Waals surface area contributed by atoms with Gasteiger partial charge >= 0.3 is 0 Å². The molecule has 1 saturated carbocycles. The molecule has 1 aliphatic carbocycles. The maximum atomic E-state index is 5.92. The Morgan fingerprint density at radius 1 is 1.24 bits per heavy atom. The molecule has 0 radical (unpaired) electrons. The van der Waals surface area contributed by atoms with Gasteiger partial charge in [0.05, 0.1) is 6.61 Å². The van der Waals surface area contributed by atoms with Crippen molar-refractivity contribution in [2.45, 2.75) is 39.2 Å². The van der Waals surface area contributed by atoms with Crippen LogP contribution in [0.5, 0.6) is 5.75 Å². The lowest BCUT2D eigenvalue weighted by atomic mass is 9.90. The highest BCUT2D eigenvalue weighted by Gasteiger charge is 2.34. The molecule has 0 aromatic heterocycles. The van der Waals surface area contributed by atoms with E-state index >= 15 is 0 Å². The van der Waals surface area contributed by atoms with Crippen molar-refractivity contribution in [1.82, 2.24) is 5.32 Å². The van der Waals surface area contributed by atoms with E-state index in [1.807, 2.05) is 6.07 Å². The number of ether oxygens (including phenoxy) is 2. The Labute approximate surface area is 129 Å². The summed E-state index contributed by atoms with van der Waals surface area (Å²) in [5.41, 5.74) is 1.29. The number of rotatable bonds is 10. The summed E-state index contributed by atoms with van der Waals surface area (Å²) < 4.78 is 11.0. The van der Waals surface area contributed by atoms with E-state index in [0.29, 0.717) is 25.2 Å². The monoisotopic (exact) mass is 291 g/mol. The Bertz CT molecular complexity index is 417. The summed E-state index contributed by atoms with van der Waals surface area (Å²) >= 11 is 0. The maximum absolute atomic E-state index is 5.92. The zero-order valence-electron chi connectivity index (χ0n) is 13.6. The molecule has 2 atom stereocenters. The van der Waals surface area contributed by atoms with Gasteiger partial charge in [0, 0.05) is 18.7 Å². The fourth-order valence-corrected chi connectivity index (χ4v) is 2.88. The van der Waals surface area contributed by atoms with E-state index < -0.39 is 0 Å². The van der Waals surface area contributed by atoms with Crippen molar-refractivity contribution in [3.63, 3.8) is 0 Å². The van der Waals surface area contributed by atoms with Crippen LogP contribution in [-0.4, -0.2) is 26.9 Å². The van der Waals surface area contributed by atoms with Crippen LogP contribution in [0.25, 0.3) is 0 Å². The van der Waals surface area contributed by atoms with Crippen LogP contribution >= 0.6 is 0 Å². The minimum atomic E-state index is 0.385. The van der Waals surface area contributed by atoms with E-state index in [9.17, 15) is 0 Å². The Morgan fingerprint density at radius 2 is 2.00 bits per heavy atom. The van der Waals surface area contributed by atoms with Gasteiger partial charge in [-0.25, -0.2) is 0 Å². The molecule has 118 valence electrons. The van der Waals surface area contributed by atoms with E-state index in [0.717, 1.165) is 24.6 Å². The molecular formula is C18H29NO2. The van der Waals surface area contributed by atoms with Gasteiger partial charge in [0.2, 0.25) is 0 Å². The molecule has 1 aliphatic rings. The third kappa shape index (κ3) is 4.72. The first-order valence-electron chi connectivity index (χ1n) is 8.22. The number of nitrogens with one attached hydrogen (secondary N) is 1. The van der Waals surface area contributed by atoms with Gasteiger partial charge in [-0.1, -0.05) is 32.0 Å². The largest absolute Gasteiger partial charge is 0.491 e. The average molecular weight is 291 g/mol. The summed E-state index contributed by atoms with van der Waals surface area (Å²) in [4.78, 5) is 0. The predicted octanol–water partition coefficient (Wildman–Crippen LogP) is 3.80. The van der Waals surface area contributed by atoms with Crippen molar-refractivity contribution in [3.8, 4) is 5.75 Å². The summed E-state index contributed by atoms with van der Waals surface area (Å²) in [6, 6.07) is 8.82. The highest BCUT2D eigenvalue weighted by atomic mass is 16.5. The molecule has 0 amide bonds. The standard InChI is InChI=1S/C18H29NO2/c1-4-11-19-18(14(2)15-9-10-15)16-7-5-6-8-17(16)21-13-12-20-3/h5-8,14-15,18-19H,4,9-13H2,1-3H3. The number of para-hydroxylation sites is 1. The van der Waals surface area contributed by atoms with Crippen molar-refractivity contribution in [2.24, 2.45) is 11.8 Å². The van der Waals surface area contributed by atoms with Crippen LogP contribution in [-0.2, 0) is 4.74 Å². The first-order chi connectivity index (χ1) is 10.3. The van der Waals surface area contributed by atoms with Crippen LogP contribution in [0.2, 0.25) is 0 Å². The number of benzene rings is 1. The van der Waals surface area contributed by atoms with Crippen LogP contribution in [0.3, 0.4) is 0 Å². The second-order valence-electron chi connectivity index (χ2n) is 6.01. The fourth-order valence-electron chi connectivity index (χ4n) is 2.88. The zero-order chi connectivity index (χ0) is 15.1. The Hall–Kier alpha value is -1.06. The van der Waals surface area contributed by atoms with Crippen LogP contribution in [0, 0.1) is 11.8 Å². The van der Waals surface area contributed by atoms with E-state index in [2.05, 4.69) is 37.4 Å². The summed E-state index contributed by atoms with van der Waals surface area (Å²) in [7, 11) is 1.70. The molecule has 1 aromatic carbocycles. The second kappa shape index (κ2) is 8.40. The average Bonchev–Trinajstić information content (AvgIpc) is 3.34. The van der Waals surface area contributed by atoms with Crippen LogP contribution < -0.4 is 10.1 Å². The fraction of sp³-hybridized carbons (Fsp3) is 0.667. The number of methoxy groups -OCH3 is 1. The smallest absolute Gasteiger partial charge is 0.124 e. The molecule has 21 heavy (non-hydrogen) atoms. The number of hydrogen-bond acceptors (Lipinski definition) is 3. The quantitative estimate of drug-likeness (QED) is 0.665. The minimum Gasteiger partial charge on any atom is -0.491 e. The highest BCUT2D eigenvalue weighted by Crippen LogP contribution is 2.44. The molecule has 3 nitrogen and oxygen atoms in total. The molecule has 0 bridgehead atoms. The lowest BCUT2D eigenvalue weighted by molar-refractivity contribution is 0.145. The molecule has 1 aromatic rings. The first-order valence-corrected chi connectivity index (χ1v) is 8.22. The van der Waals surface area contributed by atoms with E-state index in [4.69, 9.17) is 9.47 Å². The SMILES string of the molecule is CCCNC(c1ccccc1OCCOC)C(C)C1CC1. The third-order valence-electron chi connectivity index (χ3n) is 4.30. The van der Waals surface area contributed by atoms with Gasteiger partial charge in [-0.05, 0) is 43.7 Å². The minimum absolute atomic E-state index is 0.385. The Kier molecular flexibility index (Phi) is 6.52. The molecule has 0 spiro atoms. The molecule has 2 unspecified atom stereocenters. The highest BCUT2D eigenvalue weighted by molar-refractivity contribution is 5.36. The Morgan fingerprint density at radius 3 is 2.67 bits per heavy atom. The van der Waals surface area contributed by atoms with Crippen molar-refractivity contribution in [3.05, 3.63) is 29.8 Å². The van der Waals surface area contributed by atoms with Gasteiger partial charge in [0.25, 0.3) is 0 Å². The van der Waals surface area contributed by atoms with E-state index in [1.165, 1.54) is 18.4 Å². The van der Waals surface area contributed by atoms with Gasteiger partial charge < -0.3 is 14.8 Å². The van der Waals surface area contributed by atoms with Crippen LogP contribution in [0.15, 0.2) is 24.3 Å². The van der Waals surface area contributed by atoms with Gasteiger partial charge in [-0.3, -0.25) is 0 Å². The normalized spacial score (nSPS) is 17.5. The lowest BCUT2D eigenvalue weighted by Crippen LogP contribution is -2.29. The second-order valence-corrected chi connectivity index (χ2v) is 6.01. The summed E-state index contributed by atoms with van der Waals surface area (Å²) in [5, 5.41) is 3.73. The van der Waals surface area contributed by atoms with Crippen LogP contribution in [0.4, 0.5) is 0 Å². The van der Waals surface area contributed by atoms with E-state index in [1.54, 1.807) is 7.11 Å². The predicted molar refractivity (Wildman–Crippen MR) is 86.7 cm³/mol. The van der Waals surface area contributed by atoms with Gasteiger partial charge in [0.15, 0.2) is 0 Å². The molecule has 1 fully saturated rings. The van der Waals surface area contributed by atoms with Crippen molar-refractivity contribution in [1.29, 1.82) is 0 Å². The summed E-state index contributed by atoms with van der Waals surface area (Å²) in [6.07, 6.45) is 3.90. The van der Waals surface area contributed by atoms with Crippen molar-refractivity contribution < 1.29 is 9.47 Å².